The maximum absolute atomic E-state index is 6.44. The van der Waals surface area contributed by atoms with Gasteiger partial charge in [0.2, 0.25) is 0 Å². The number of benzene rings is 1. The van der Waals surface area contributed by atoms with Gasteiger partial charge in [-0.05, 0) is 45.0 Å². The van der Waals surface area contributed by atoms with Crippen LogP contribution in [0.3, 0.4) is 0 Å². The standard InChI is InChI=1S/C27H32N8O2/c1-18-26(19(2)35-27(28-18)29-20(3)32-35)37-24-10-11-34(17-24)23-7-4-21(5-8-23)25-9-6-22(30-31-25)16-33-12-14-36-15-13-33/h4-9,24H,10-17H2,1-3H3/t24-/m1/s1. The van der Waals surface area contributed by atoms with Crippen LogP contribution in [0.1, 0.15) is 29.3 Å². The topological polar surface area (TPSA) is 93.8 Å². The zero-order valence-electron chi connectivity index (χ0n) is 21.6. The third kappa shape index (κ3) is 4.99. The van der Waals surface area contributed by atoms with Crippen molar-refractivity contribution in [3.8, 4) is 17.0 Å². The number of nitrogens with zero attached hydrogens (tertiary/aromatic N) is 8. The number of ether oxygens (including phenoxy) is 2. The molecule has 0 radical (unpaired) electrons. The monoisotopic (exact) mass is 500 g/mol. The first kappa shape index (κ1) is 23.7. The Kier molecular flexibility index (Phi) is 6.43. The summed E-state index contributed by atoms with van der Waals surface area (Å²) < 4.78 is 13.6. The zero-order chi connectivity index (χ0) is 25.4. The molecule has 37 heavy (non-hydrogen) atoms. The molecule has 0 amide bonds. The minimum absolute atomic E-state index is 0.0887. The molecule has 0 N–H and O–H groups in total. The molecule has 0 aliphatic carbocycles. The van der Waals surface area contributed by atoms with Gasteiger partial charge < -0.3 is 14.4 Å². The molecular weight excluding hydrogens is 468 g/mol. The fourth-order valence-electron chi connectivity index (χ4n) is 5.09. The van der Waals surface area contributed by atoms with Crippen LogP contribution in [0.15, 0.2) is 36.4 Å². The lowest BCUT2D eigenvalue weighted by Crippen LogP contribution is -2.35. The van der Waals surface area contributed by atoms with Gasteiger partial charge in [-0.3, -0.25) is 4.90 Å². The SMILES string of the molecule is Cc1nc2nc(C)c(O[C@@H]3CCN(c4ccc(-c5ccc(CN6CCOCC6)nn5)cc4)C3)c(C)n2n1. The maximum atomic E-state index is 6.44. The van der Waals surface area contributed by atoms with Crippen molar-refractivity contribution < 1.29 is 9.47 Å². The minimum atomic E-state index is 0.0887. The Hall–Kier alpha value is -3.63. The van der Waals surface area contributed by atoms with Crippen LogP contribution in [0.4, 0.5) is 5.69 Å². The zero-order valence-corrected chi connectivity index (χ0v) is 21.6. The first-order chi connectivity index (χ1) is 18.0. The average molecular weight is 501 g/mol. The number of aryl methyl sites for hydroxylation is 3. The molecule has 2 aliphatic rings. The molecule has 2 fully saturated rings. The second-order valence-corrected chi connectivity index (χ2v) is 9.80. The van der Waals surface area contributed by atoms with Crippen LogP contribution in [0, 0.1) is 20.8 Å². The first-order valence-corrected chi connectivity index (χ1v) is 12.9. The van der Waals surface area contributed by atoms with E-state index in [4.69, 9.17) is 9.47 Å². The summed E-state index contributed by atoms with van der Waals surface area (Å²) in [5.74, 6) is 2.12. The van der Waals surface area contributed by atoms with E-state index in [0.717, 1.165) is 86.4 Å². The summed E-state index contributed by atoms with van der Waals surface area (Å²) >= 11 is 0. The first-order valence-electron chi connectivity index (χ1n) is 12.9. The summed E-state index contributed by atoms with van der Waals surface area (Å²) in [7, 11) is 0. The van der Waals surface area contributed by atoms with Crippen LogP contribution in [-0.4, -0.2) is 80.2 Å². The van der Waals surface area contributed by atoms with Crippen molar-refractivity contribution in [1.29, 1.82) is 0 Å². The lowest BCUT2D eigenvalue weighted by Gasteiger charge is -2.25. The number of morpholine rings is 1. The van der Waals surface area contributed by atoms with Crippen molar-refractivity contribution in [2.75, 3.05) is 44.3 Å². The molecule has 4 aromatic rings. The number of hydrogen-bond donors (Lipinski definition) is 0. The largest absolute Gasteiger partial charge is 0.485 e. The fourth-order valence-corrected chi connectivity index (χ4v) is 5.09. The Bertz CT molecular complexity index is 1380. The van der Waals surface area contributed by atoms with E-state index in [9.17, 15) is 0 Å². The van der Waals surface area contributed by atoms with Crippen LogP contribution >= 0.6 is 0 Å². The van der Waals surface area contributed by atoms with E-state index in [-0.39, 0.29) is 6.10 Å². The van der Waals surface area contributed by atoms with E-state index in [1.807, 2.05) is 20.8 Å². The number of rotatable bonds is 6. The fraction of sp³-hybridized carbons (Fsp3) is 0.444. The summed E-state index contributed by atoms with van der Waals surface area (Å²) in [5, 5.41) is 13.4. The van der Waals surface area contributed by atoms with Gasteiger partial charge in [0.1, 0.15) is 11.9 Å². The molecule has 0 saturated carbocycles. The molecule has 3 aromatic heterocycles. The number of fused-ring (bicyclic) bond motifs is 1. The van der Waals surface area contributed by atoms with Gasteiger partial charge in [0.05, 0.1) is 42.5 Å². The van der Waals surface area contributed by atoms with Crippen LogP contribution in [0.2, 0.25) is 0 Å². The predicted octanol–water partition coefficient (Wildman–Crippen LogP) is 3.00. The molecular formula is C27H32N8O2. The van der Waals surface area contributed by atoms with Crippen molar-refractivity contribution in [3.05, 3.63) is 59.3 Å². The lowest BCUT2D eigenvalue weighted by atomic mass is 10.1. The Morgan fingerprint density at radius 3 is 2.51 bits per heavy atom. The number of aromatic nitrogens is 6. The number of hydrogen-bond acceptors (Lipinski definition) is 9. The Balaban J connectivity index is 1.09. The highest BCUT2D eigenvalue weighted by atomic mass is 16.5. The molecule has 10 heteroatoms. The van der Waals surface area contributed by atoms with Crippen LogP contribution < -0.4 is 9.64 Å². The van der Waals surface area contributed by atoms with E-state index >= 15 is 0 Å². The quantitative estimate of drug-likeness (QED) is 0.396. The second-order valence-electron chi connectivity index (χ2n) is 9.80. The summed E-state index contributed by atoms with van der Waals surface area (Å²) in [6.45, 7) is 11.9. The van der Waals surface area contributed by atoms with Gasteiger partial charge in [0, 0.05) is 43.9 Å². The van der Waals surface area contributed by atoms with Crippen molar-refractivity contribution in [2.45, 2.75) is 39.8 Å². The van der Waals surface area contributed by atoms with E-state index in [2.05, 4.69) is 71.5 Å². The normalized spacial score (nSPS) is 18.6. The van der Waals surface area contributed by atoms with Crippen LogP contribution in [-0.2, 0) is 11.3 Å². The lowest BCUT2D eigenvalue weighted by molar-refractivity contribution is 0.0335. The van der Waals surface area contributed by atoms with Crippen molar-refractivity contribution in [2.24, 2.45) is 0 Å². The Morgan fingerprint density at radius 2 is 1.76 bits per heavy atom. The molecule has 192 valence electrons. The van der Waals surface area contributed by atoms with Gasteiger partial charge in [-0.25, -0.2) is 4.98 Å². The highest BCUT2D eigenvalue weighted by molar-refractivity contribution is 5.63. The molecule has 0 spiro atoms. The van der Waals surface area contributed by atoms with E-state index in [1.54, 1.807) is 4.52 Å². The molecule has 0 unspecified atom stereocenters. The van der Waals surface area contributed by atoms with Crippen LogP contribution in [0.25, 0.3) is 17.0 Å². The van der Waals surface area contributed by atoms with Gasteiger partial charge in [0.15, 0.2) is 5.75 Å². The molecule has 5 heterocycles. The highest BCUT2D eigenvalue weighted by Gasteiger charge is 2.26. The maximum Gasteiger partial charge on any atom is 0.253 e. The number of anilines is 1. The Morgan fingerprint density at radius 1 is 0.946 bits per heavy atom. The van der Waals surface area contributed by atoms with Gasteiger partial charge in [-0.1, -0.05) is 12.1 Å². The predicted molar refractivity (Wildman–Crippen MR) is 140 cm³/mol. The minimum Gasteiger partial charge on any atom is -0.485 e. The molecule has 1 atom stereocenters. The molecule has 0 bridgehead atoms. The van der Waals surface area contributed by atoms with Crippen LogP contribution in [0.5, 0.6) is 5.75 Å². The van der Waals surface area contributed by atoms with E-state index < -0.39 is 0 Å². The summed E-state index contributed by atoms with van der Waals surface area (Å²) in [4.78, 5) is 13.7. The second kappa shape index (κ2) is 10.0. The molecule has 6 rings (SSSR count). The average Bonchev–Trinajstić information content (AvgIpc) is 3.54. The smallest absolute Gasteiger partial charge is 0.253 e. The van der Waals surface area contributed by atoms with E-state index in [0.29, 0.717) is 11.6 Å². The molecule has 2 saturated heterocycles. The van der Waals surface area contributed by atoms with Gasteiger partial charge in [0.25, 0.3) is 5.78 Å². The van der Waals surface area contributed by atoms with Crippen molar-refractivity contribution in [1.82, 2.24) is 34.7 Å². The molecule has 10 nitrogen and oxygen atoms in total. The highest BCUT2D eigenvalue weighted by Crippen LogP contribution is 2.29. The summed E-state index contributed by atoms with van der Waals surface area (Å²) in [5.41, 5.74) is 5.90. The van der Waals surface area contributed by atoms with Gasteiger partial charge in [-0.15, -0.1) is 5.10 Å². The van der Waals surface area contributed by atoms with Gasteiger partial charge >= 0.3 is 0 Å². The molecule has 2 aliphatic heterocycles. The van der Waals surface area contributed by atoms with Crippen molar-refractivity contribution >= 4 is 11.5 Å². The Labute approximate surface area is 216 Å². The van der Waals surface area contributed by atoms with Crippen molar-refractivity contribution in [3.63, 3.8) is 0 Å². The summed E-state index contributed by atoms with van der Waals surface area (Å²) in [6, 6.07) is 12.7. The summed E-state index contributed by atoms with van der Waals surface area (Å²) in [6.07, 6.45) is 1.04. The third-order valence-electron chi connectivity index (χ3n) is 7.11. The van der Waals surface area contributed by atoms with Gasteiger partial charge in [-0.2, -0.15) is 19.7 Å². The van der Waals surface area contributed by atoms with E-state index in [1.165, 1.54) is 5.69 Å². The molecule has 1 aromatic carbocycles. The third-order valence-corrected chi connectivity index (χ3v) is 7.11.